The van der Waals surface area contributed by atoms with Crippen molar-refractivity contribution < 1.29 is 9.47 Å². The first-order valence-corrected chi connectivity index (χ1v) is 9.99. The fourth-order valence-corrected chi connectivity index (χ4v) is 3.57. The number of rotatable bonds is 8. The van der Waals surface area contributed by atoms with Crippen LogP contribution in [0.5, 0.6) is 11.5 Å². The van der Waals surface area contributed by atoms with Crippen molar-refractivity contribution >= 4 is 5.95 Å². The smallest absolute Gasteiger partial charge is 0.225 e. The van der Waals surface area contributed by atoms with Crippen molar-refractivity contribution in [2.24, 2.45) is 5.92 Å². The first-order chi connectivity index (χ1) is 14.2. The van der Waals surface area contributed by atoms with Gasteiger partial charge in [-0.15, -0.1) is 0 Å². The Morgan fingerprint density at radius 1 is 0.828 bits per heavy atom. The Bertz CT molecular complexity index is 874. The van der Waals surface area contributed by atoms with Crippen molar-refractivity contribution in [1.29, 1.82) is 0 Å². The molecule has 0 aliphatic heterocycles. The van der Waals surface area contributed by atoms with Crippen LogP contribution in [-0.2, 0) is 13.1 Å². The normalized spacial score (nSPS) is 17.6. The van der Waals surface area contributed by atoms with Gasteiger partial charge in [0.2, 0.25) is 5.95 Å². The lowest BCUT2D eigenvalue weighted by molar-refractivity contribution is 0.414. The summed E-state index contributed by atoms with van der Waals surface area (Å²) in [4.78, 5) is 11.6. The zero-order chi connectivity index (χ0) is 20.2. The van der Waals surface area contributed by atoms with Crippen LogP contribution in [-0.4, -0.2) is 24.2 Å². The first-order valence-electron chi connectivity index (χ1n) is 9.99. The Morgan fingerprint density at radius 2 is 1.28 bits per heavy atom. The van der Waals surface area contributed by atoms with Gasteiger partial charge in [0.1, 0.15) is 11.5 Å². The van der Waals surface area contributed by atoms with E-state index in [9.17, 15) is 0 Å². The number of hydrogen-bond acceptors (Lipinski definition) is 5. The lowest BCUT2D eigenvalue weighted by atomic mass is 10.1. The molecule has 3 aromatic rings. The molecule has 0 N–H and O–H groups in total. The number of benzene rings is 2. The summed E-state index contributed by atoms with van der Waals surface area (Å²) in [5.74, 6) is 3.83. The van der Waals surface area contributed by atoms with E-state index >= 15 is 0 Å². The molecule has 0 bridgehead atoms. The van der Waals surface area contributed by atoms with E-state index < -0.39 is 0 Å². The molecule has 0 radical (unpaired) electrons. The van der Waals surface area contributed by atoms with Crippen LogP contribution >= 0.6 is 0 Å². The highest BCUT2D eigenvalue weighted by Gasteiger charge is 2.34. The average Bonchev–Trinajstić information content (AvgIpc) is 3.51. The molecule has 2 aromatic carbocycles. The van der Waals surface area contributed by atoms with Crippen molar-refractivity contribution in [3.8, 4) is 11.5 Å². The minimum Gasteiger partial charge on any atom is -0.497 e. The Morgan fingerprint density at radius 3 is 1.66 bits per heavy atom. The van der Waals surface area contributed by atoms with Gasteiger partial charge in [0.15, 0.2) is 0 Å². The molecule has 1 aromatic heterocycles. The summed E-state index contributed by atoms with van der Waals surface area (Å²) < 4.78 is 10.6. The highest BCUT2D eigenvalue weighted by Crippen LogP contribution is 2.46. The molecule has 1 fully saturated rings. The highest BCUT2D eigenvalue weighted by molar-refractivity contribution is 5.38. The standard InChI is InChI=1S/C24H27N3O2/c1-17-12-23(17)20-13-25-24(26-14-20)27(15-18-4-8-21(28-2)9-5-18)16-19-6-10-22(29-3)11-7-19/h4-11,13-14,17,23H,12,15-16H2,1-3H3. The summed E-state index contributed by atoms with van der Waals surface area (Å²) in [5.41, 5.74) is 3.61. The third-order valence-electron chi connectivity index (χ3n) is 5.54. The summed E-state index contributed by atoms with van der Waals surface area (Å²) in [6, 6.07) is 16.3. The quantitative estimate of drug-likeness (QED) is 0.553. The van der Waals surface area contributed by atoms with Gasteiger partial charge < -0.3 is 14.4 Å². The summed E-state index contributed by atoms with van der Waals surface area (Å²) in [6.07, 6.45) is 5.22. The Hall–Kier alpha value is -3.08. The van der Waals surface area contributed by atoms with Crippen LogP contribution in [0.2, 0.25) is 0 Å². The predicted molar refractivity (Wildman–Crippen MR) is 114 cm³/mol. The molecule has 0 saturated heterocycles. The molecule has 1 heterocycles. The van der Waals surface area contributed by atoms with E-state index in [0.717, 1.165) is 36.5 Å². The second kappa shape index (κ2) is 8.52. The van der Waals surface area contributed by atoms with Gasteiger partial charge in [-0.25, -0.2) is 9.97 Å². The minimum absolute atomic E-state index is 0.626. The molecule has 1 aliphatic rings. The lowest BCUT2D eigenvalue weighted by Crippen LogP contribution is -2.24. The number of anilines is 1. The van der Waals surface area contributed by atoms with Crippen LogP contribution < -0.4 is 14.4 Å². The Balaban J connectivity index is 1.56. The van der Waals surface area contributed by atoms with Crippen molar-refractivity contribution in [2.45, 2.75) is 32.4 Å². The van der Waals surface area contributed by atoms with E-state index in [1.807, 2.05) is 36.7 Å². The van der Waals surface area contributed by atoms with Crippen LogP contribution in [0, 0.1) is 5.92 Å². The molecule has 29 heavy (non-hydrogen) atoms. The van der Waals surface area contributed by atoms with Gasteiger partial charge in [-0.2, -0.15) is 0 Å². The van der Waals surface area contributed by atoms with E-state index in [2.05, 4.69) is 36.1 Å². The molecular weight excluding hydrogens is 362 g/mol. The summed E-state index contributed by atoms with van der Waals surface area (Å²) in [7, 11) is 3.36. The first kappa shape index (κ1) is 19.2. The number of methoxy groups -OCH3 is 2. The van der Waals surface area contributed by atoms with E-state index in [-0.39, 0.29) is 0 Å². The largest absolute Gasteiger partial charge is 0.497 e. The molecule has 5 nitrogen and oxygen atoms in total. The minimum atomic E-state index is 0.626. The van der Waals surface area contributed by atoms with Gasteiger partial charge in [0.05, 0.1) is 14.2 Å². The Labute approximate surface area is 172 Å². The van der Waals surface area contributed by atoms with Gasteiger partial charge in [-0.05, 0) is 59.2 Å². The maximum Gasteiger partial charge on any atom is 0.225 e. The number of hydrogen-bond donors (Lipinski definition) is 0. The monoisotopic (exact) mass is 389 g/mol. The van der Waals surface area contributed by atoms with Gasteiger partial charge in [0.25, 0.3) is 0 Å². The molecular formula is C24H27N3O2. The number of aromatic nitrogens is 2. The molecule has 2 unspecified atom stereocenters. The predicted octanol–water partition coefficient (Wildman–Crippen LogP) is 4.82. The molecule has 150 valence electrons. The van der Waals surface area contributed by atoms with Crippen molar-refractivity contribution in [1.82, 2.24) is 9.97 Å². The molecule has 0 spiro atoms. The van der Waals surface area contributed by atoms with Gasteiger partial charge in [0, 0.05) is 25.5 Å². The number of nitrogens with zero attached hydrogens (tertiary/aromatic N) is 3. The summed E-state index contributed by atoms with van der Waals surface area (Å²) >= 11 is 0. The molecule has 5 heteroatoms. The van der Waals surface area contributed by atoms with Crippen molar-refractivity contribution in [3.63, 3.8) is 0 Å². The molecule has 0 amide bonds. The van der Waals surface area contributed by atoms with Gasteiger partial charge >= 0.3 is 0 Å². The van der Waals surface area contributed by atoms with Crippen LogP contribution in [0.25, 0.3) is 0 Å². The van der Waals surface area contributed by atoms with Crippen LogP contribution in [0.3, 0.4) is 0 Å². The molecule has 1 aliphatic carbocycles. The third kappa shape index (κ3) is 4.67. The summed E-state index contributed by atoms with van der Waals surface area (Å²) in [6.45, 7) is 3.71. The van der Waals surface area contributed by atoms with E-state index in [4.69, 9.17) is 19.4 Å². The zero-order valence-corrected chi connectivity index (χ0v) is 17.2. The third-order valence-corrected chi connectivity index (χ3v) is 5.54. The molecule has 4 rings (SSSR count). The second-order valence-corrected chi connectivity index (χ2v) is 7.69. The van der Waals surface area contributed by atoms with Crippen LogP contribution in [0.15, 0.2) is 60.9 Å². The SMILES string of the molecule is COc1ccc(CN(Cc2ccc(OC)cc2)c2ncc(C3CC3C)cn2)cc1. The molecule has 2 atom stereocenters. The fourth-order valence-electron chi connectivity index (χ4n) is 3.57. The maximum atomic E-state index is 5.28. The van der Waals surface area contributed by atoms with Crippen LogP contribution in [0.1, 0.15) is 36.0 Å². The zero-order valence-electron chi connectivity index (χ0n) is 17.2. The van der Waals surface area contributed by atoms with Gasteiger partial charge in [-0.3, -0.25) is 0 Å². The van der Waals surface area contributed by atoms with E-state index in [1.54, 1.807) is 14.2 Å². The van der Waals surface area contributed by atoms with Crippen molar-refractivity contribution in [3.05, 3.63) is 77.6 Å². The van der Waals surface area contributed by atoms with Gasteiger partial charge in [-0.1, -0.05) is 31.2 Å². The second-order valence-electron chi connectivity index (χ2n) is 7.69. The average molecular weight is 389 g/mol. The van der Waals surface area contributed by atoms with Crippen molar-refractivity contribution in [2.75, 3.05) is 19.1 Å². The Kier molecular flexibility index (Phi) is 5.65. The maximum absolute atomic E-state index is 5.28. The fraction of sp³-hybridized carbons (Fsp3) is 0.333. The topological polar surface area (TPSA) is 47.5 Å². The summed E-state index contributed by atoms with van der Waals surface area (Å²) in [5, 5.41) is 0. The van der Waals surface area contributed by atoms with Crippen LogP contribution in [0.4, 0.5) is 5.95 Å². The van der Waals surface area contributed by atoms with E-state index in [0.29, 0.717) is 5.92 Å². The number of ether oxygens (including phenoxy) is 2. The molecule has 1 saturated carbocycles. The lowest BCUT2D eigenvalue weighted by Gasteiger charge is -2.23. The highest BCUT2D eigenvalue weighted by atomic mass is 16.5. The van der Waals surface area contributed by atoms with E-state index in [1.165, 1.54) is 23.1 Å².